The lowest BCUT2D eigenvalue weighted by Crippen LogP contribution is -2.16. The van der Waals surface area contributed by atoms with Crippen LogP contribution in [-0.4, -0.2) is 36.0 Å². The van der Waals surface area contributed by atoms with Crippen molar-refractivity contribution in [1.82, 2.24) is 0 Å². The van der Waals surface area contributed by atoms with E-state index in [4.69, 9.17) is 15.0 Å². The lowest BCUT2D eigenvalue weighted by Gasteiger charge is -2.17. The predicted molar refractivity (Wildman–Crippen MR) is 127 cm³/mol. The van der Waals surface area contributed by atoms with Gasteiger partial charge in [0.1, 0.15) is 19.0 Å². The fraction of sp³-hybridized carbons (Fsp3) is 0.320. The highest BCUT2D eigenvalue weighted by molar-refractivity contribution is 6.20. The number of Topliss-reactive ketones (excluding diaryl/α,β-unsaturated/α-hetero) is 1. The first kappa shape index (κ1) is 26.2. The third-order valence-electron chi connectivity index (χ3n) is 5.61. The van der Waals surface area contributed by atoms with Crippen molar-refractivity contribution in [3.63, 3.8) is 0 Å². The maximum atomic E-state index is 12.7. The largest absolute Gasteiger partial charge is 0.512 e. The van der Waals surface area contributed by atoms with Crippen LogP contribution >= 0.6 is 0 Å². The van der Waals surface area contributed by atoms with Crippen LogP contribution in [0.1, 0.15) is 62.4 Å². The number of esters is 2. The SMILES string of the molecule is CC(=O)/C(=C(/C)O)c1ccc(C(=O)OCCOC(=O)c2c(C)c(C)c(N=[N+]=[N-])c(C)c2C)cc1. The molecule has 0 aliphatic heterocycles. The quantitative estimate of drug-likeness (QED) is 0.100. The molecule has 2 rings (SSSR count). The Morgan fingerprint density at radius 2 is 1.32 bits per heavy atom. The highest BCUT2D eigenvalue weighted by atomic mass is 16.6. The van der Waals surface area contributed by atoms with Gasteiger partial charge in [-0.1, -0.05) is 17.2 Å². The van der Waals surface area contributed by atoms with Crippen molar-refractivity contribution >= 4 is 29.0 Å². The molecule has 0 saturated heterocycles. The maximum absolute atomic E-state index is 12.7. The molecule has 0 heterocycles. The minimum Gasteiger partial charge on any atom is -0.512 e. The summed E-state index contributed by atoms with van der Waals surface area (Å²) in [5.41, 5.74) is 13.3. The van der Waals surface area contributed by atoms with Crippen molar-refractivity contribution < 1.29 is 29.0 Å². The van der Waals surface area contributed by atoms with E-state index in [-0.39, 0.29) is 35.9 Å². The Bertz CT molecular complexity index is 1190. The summed E-state index contributed by atoms with van der Waals surface area (Å²) in [5, 5.41) is 13.4. The average Bonchev–Trinajstić information content (AvgIpc) is 2.78. The van der Waals surface area contributed by atoms with Gasteiger partial charge in [-0.15, -0.1) is 0 Å². The Kier molecular flexibility index (Phi) is 8.58. The Morgan fingerprint density at radius 1 is 0.853 bits per heavy atom. The predicted octanol–water partition coefficient (Wildman–Crippen LogP) is 5.75. The average molecular weight is 466 g/mol. The van der Waals surface area contributed by atoms with Crippen molar-refractivity contribution in [3.8, 4) is 0 Å². The van der Waals surface area contributed by atoms with E-state index < -0.39 is 11.9 Å². The van der Waals surface area contributed by atoms with Gasteiger partial charge in [-0.25, -0.2) is 9.59 Å². The van der Waals surface area contributed by atoms with Crippen LogP contribution in [0.2, 0.25) is 0 Å². The molecule has 0 saturated carbocycles. The third kappa shape index (κ3) is 5.63. The molecule has 178 valence electrons. The molecule has 0 radical (unpaired) electrons. The second kappa shape index (κ2) is 11.2. The lowest BCUT2D eigenvalue weighted by atomic mass is 9.92. The first-order chi connectivity index (χ1) is 16.0. The Labute approximate surface area is 197 Å². The van der Waals surface area contributed by atoms with Gasteiger partial charge in [0.25, 0.3) is 0 Å². The molecule has 0 spiro atoms. The molecule has 0 aliphatic carbocycles. The topological polar surface area (TPSA) is 139 Å². The van der Waals surface area contributed by atoms with Gasteiger partial charge in [0, 0.05) is 10.6 Å². The number of ketones is 1. The fourth-order valence-corrected chi connectivity index (χ4v) is 3.66. The summed E-state index contributed by atoms with van der Waals surface area (Å²) in [4.78, 5) is 39.5. The van der Waals surface area contributed by atoms with E-state index in [1.54, 1.807) is 39.8 Å². The van der Waals surface area contributed by atoms with Crippen LogP contribution in [0.3, 0.4) is 0 Å². The van der Waals surface area contributed by atoms with E-state index in [1.807, 2.05) is 0 Å². The molecule has 2 aromatic carbocycles. The molecule has 9 heteroatoms. The molecule has 0 atom stereocenters. The fourth-order valence-electron chi connectivity index (χ4n) is 3.66. The van der Waals surface area contributed by atoms with Crippen molar-refractivity contribution in [2.24, 2.45) is 5.11 Å². The number of aliphatic hydroxyl groups excluding tert-OH is 1. The number of rotatable bonds is 8. The molecule has 0 fully saturated rings. The molecule has 9 nitrogen and oxygen atoms in total. The van der Waals surface area contributed by atoms with E-state index >= 15 is 0 Å². The molecular formula is C25H27N3O6. The van der Waals surface area contributed by atoms with E-state index in [1.165, 1.54) is 26.0 Å². The zero-order valence-electron chi connectivity index (χ0n) is 20.1. The van der Waals surface area contributed by atoms with Crippen LogP contribution in [-0.2, 0) is 14.3 Å². The van der Waals surface area contributed by atoms with Gasteiger partial charge in [-0.3, -0.25) is 4.79 Å². The van der Waals surface area contributed by atoms with Crippen LogP contribution in [0.4, 0.5) is 5.69 Å². The molecule has 0 unspecified atom stereocenters. The molecule has 34 heavy (non-hydrogen) atoms. The summed E-state index contributed by atoms with van der Waals surface area (Å²) in [6.07, 6.45) is 0. The molecule has 0 amide bonds. The number of carbonyl (C=O) groups is 3. The maximum Gasteiger partial charge on any atom is 0.338 e. The number of benzene rings is 2. The number of carbonyl (C=O) groups excluding carboxylic acids is 3. The van der Waals surface area contributed by atoms with Gasteiger partial charge in [0.05, 0.1) is 16.7 Å². The van der Waals surface area contributed by atoms with Gasteiger partial charge in [0.15, 0.2) is 5.78 Å². The Balaban J connectivity index is 2.02. The van der Waals surface area contributed by atoms with Crippen LogP contribution in [0.15, 0.2) is 35.1 Å². The molecule has 0 aromatic heterocycles. The normalized spacial score (nSPS) is 11.2. The molecule has 0 bridgehead atoms. The molecular weight excluding hydrogens is 438 g/mol. The smallest absolute Gasteiger partial charge is 0.338 e. The first-order valence-corrected chi connectivity index (χ1v) is 10.5. The van der Waals surface area contributed by atoms with Crippen LogP contribution < -0.4 is 0 Å². The second-order valence-electron chi connectivity index (χ2n) is 7.78. The van der Waals surface area contributed by atoms with Gasteiger partial charge in [0.2, 0.25) is 0 Å². The minimum absolute atomic E-state index is 0.104. The van der Waals surface area contributed by atoms with Gasteiger partial charge < -0.3 is 14.6 Å². The number of ether oxygens (including phenoxy) is 2. The van der Waals surface area contributed by atoms with Crippen LogP contribution in [0.25, 0.3) is 16.0 Å². The van der Waals surface area contributed by atoms with E-state index in [0.29, 0.717) is 39.1 Å². The van der Waals surface area contributed by atoms with E-state index in [0.717, 1.165) is 0 Å². The van der Waals surface area contributed by atoms with Crippen molar-refractivity contribution in [1.29, 1.82) is 0 Å². The zero-order chi connectivity index (χ0) is 25.6. The van der Waals surface area contributed by atoms with Crippen LogP contribution in [0, 0.1) is 27.7 Å². The van der Waals surface area contributed by atoms with Gasteiger partial charge >= 0.3 is 11.9 Å². The lowest BCUT2D eigenvalue weighted by molar-refractivity contribution is -0.111. The summed E-state index contributed by atoms with van der Waals surface area (Å²) in [5.74, 6) is -1.57. The Hall–Kier alpha value is -4.10. The standard InChI is InChI=1S/C25H27N3O6/c1-13-15(3)23(27-28-26)16(4)14(2)21(13)25(32)34-12-11-33-24(31)20-9-7-19(8-10-20)22(17(5)29)18(6)30/h7-10,29H,11-12H2,1-6H3/b22-17+. The summed E-state index contributed by atoms with van der Waals surface area (Å²) in [6.45, 7) is 9.53. The Morgan fingerprint density at radius 3 is 1.76 bits per heavy atom. The number of hydrogen-bond donors (Lipinski definition) is 1. The summed E-state index contributed by atoms with van der Waals surface area (Å²) in [6, 6.07) is 6.06. The second-order valence-corrected chi connectivity index (χ2v) is 7.78. The van der Waals surface area contributed by atoms with Gasteiger partial charge in [-0.2, -0.15) is 0 Å². The van der Waals surface area contributed by atoms with Crippen molar-refractivity contribution in [2.45, 2.75) is 41.5 Å². The summed E-state index contributed by atoms with van der Waals surface area (Å²) >= 11 is 0. The molecule has 2 aromatic rings. The highest BCUT2D eigenvalue weighted by Gasteiger charge is 2.20. The summed E-state index contributed by atoms with van der Waals surface area (Å²) < 4.78 is 10.5. The number of hydrogen-bond acceptors (Lipinski definition) is 7. The molecule has 1 N–H and O–H groups in total. The summed E-state index contributed by atoms with van der Waals surface area (Å²) in [7, 11) is 0. The van der Waals surface area contributed by atoms with E-state index in [9.17, 15) is 19.5 Å². The first-order valence-electron chi connectivity index (χ1n) is 10.5. The monoisotopic (exact) mass is 465 g/mol. The van der Waals surface area contributed by atoms with E-state index in [2.05, 4.69) is 10.0 Å². The minimum atomic E-state index is -0.616. The van der Waals surface area contributed by atoms with Crippen LogP contribution in [0.5, 0.6) is 0 Å². The molecule has 0 aliphatic rings. The zero-order valence-corrected chi connectivity index (χ0v) is 20.1. The third-order valence-corrected chi connectivity index (χ3v) is 5.61. The number of nitrogens with zero attached hydrogens (tertiary/aromatic N) is 3. The number of allylic oxidation sites excluding steroid dienone is 2. The van der Waals surface area contributed by atoms with Crippen molar-refractivity contribution in [2.75, 3.05) is 13.2 Å². The van der Waals surface area contributed by atoms with Crippen molar-refractivity contribution in [3.05, 3.63) is 79.4 Å². The van der Waals surface area contributed by atoms with Gasteiger partial charge in [-0.05, 0) is 87.0 Å². The highest BCUT2D eigenvalue weighted by Crippen LogP contribution is 2.33. The number of aliphatic hydroxyl groups is 1. The number of azide groups is 1.